The van der Waals surface area contributed by atoms with Gasteiger partial charge in [-0.2, -0.15) is 0 Å². The summed E-state index contributed by atoms with van der Waals surface area (Å²) < 4.78 is 0. The minimum atomic E-state index is -1.04. The van der Waals surface area contributed by atoms with Crippen molar-refractivity contribution >= 4 is 17.7 Å². The van der Waals surface area contributed by atoms with Crippen molar-refractivity contribution in [2.24, 2.45) is 0 Å². The minimum absolute atomic E-state index is 0.149. The summed E-state index contributed by atoms with van der Waals surface area (Å²) in [5.74, 6) is -1.04. The second kappa shape index (κ2) is 6.19. The van der Waals surface area contributed by atoms with E-state index in [1.54, 1.807) is 33.0 Å². The van der Waals surface area contributed by atoms with Crippen molar-refractivity contribution in [2.45, 2.75) is 20.0 Å². The van der Waals surface area contributed by atoms with Gasteiger partial charge in [0.25, 0.3) is 0 Å². The molecule has 1 atom stereocenters. The van der Waals surface area contributed by atoms with Crippen LogP contribution in [0.3, 0.4) is 0 Å². The van der Waals surface area contributed by atoms with Crippen LogP contribution in [0.25, 0.3) is 0 Å². The fraction of sp³-hybridized carbons (Fsp3) is 0.385. The Hall–Kier alpha value is -2.08. The molecule has 0 saturated carbocycles. The maximum atomic E-state index is 11.8. The van der Waals surface area contributed by atoms with Gasteiger partial charge in [0.15, 0.2) is 0 Å². The highest BCUT2D eigenvalue weighted by atomic mass is 16.4. The van der Waals surface area contributed by atoms with Crippen molar-refractivity contribution in [3.8, 4) is 0 Å². The third-order valence-corrected chi connectivity index (χ3v) is 2.60. The number of aromatic carboxylic acids is 1. The number of rotatable bonds is 4. The van der Waals surface area contributed by atoms with E-state index in [2.05, 4.69) is 5.32 Å². The van der Waals surface area contributed by atoms with Crippen LogP contribution in [0.5, 0.6) is 0 Å². The lowest BCUT2D eigenvalue weighted by Crippen LogP contribution is -2.36. The number of urea groups is 1. The number of aryl methyl sites for hydroxylation is 1. The number of nitrogens with zero attached hydrogens (tertiary/aromatic N) is 1. The molecule has 1 unspecified atom stereocenters. The molecule has 19 heavy (non-hydrogen) atoms. The number of likely N-dealkylation sites (N-methyl/N-ethyl adjacent to an activating group) is 1. The van der Waals surface area contributed by atoms with Gasteiger partial charge in [0, 0.05) is 19.3 Å². The first-order valence-corrected chi connectivity index (χ1v) is 5.85. The highest BCUT2D eigenvalue weighted by molar-refractivity contribution is 5.94. The first-order chi connectivity index (χ1) is 8.81. The molecule has 104 valence electrons. The molecular weight excluding hydrogens is 248 g/mol. The molecule has 3 N–H and O–H groups in total. The van der Waals surface area contributed by atoms with Crippen molar-refractivity contribution in [1.82, 2.24) is 4.90 Å². The standard InChI is InChI=1S/C13H18N2O4/c1-8-4-5-10(6-11(8)12(17)18)14-13(19)15(3)7-9(2)16/h4-6,9,16H,7H2,1-3H3,(H,14,19)(H,17,18). The van der Waals surface area contributed by atoms with Gasteiger partial charge in [0.05, 0.1) is 11.7 Å². The molecule has 0 aromatic heterocycles. The summed E-state index contributed by atoms with van der Waals surface area (Å²) in [4.78, 5) is 24.1. The van der Waals surface area contributed by atoms with Crippen LogP contribution in [0.4, 0.5) is 10.5 Å². The predicted molar refractivity (Wildman–Crippen MR) is 71.5 cm³/mol. The molecule has 6 nitrogen and oxygen atoms in total. The van der Waals surface area contributed by atoms with E-state index in [9.17, 15) is 14.7 Å². The second-order valence-electron chi connectivity index (χ2n) is 4.49. The Labute approximate surface area is 111 Å². The van der Waals surface area contributed by atoms with Crippen LogP contribution in [-0.2, 0) is 0 Å². The van der Waals surface area contributed by atoms with Crippen molar-refractivity contribution in [3.05, 3.63) is 29.3 Å². The van der Waals surface area contributed by atoms with Gasteiger partial charge in [-0.15, -0.1) is 0 Å². The minimum Gasteiger partial charge on any atom is -0.478 e. The van der Waals surface area contributed by atoms with E-state index in [4.69, 9.17) is 5.11 Å². The Bertz CT molecular complexity index is 486. The van der Waals surface area contributed by atoms with E-state index < -0.39 is 18.1 Å². The predicted octanol–water partition coefficient (Wildman–Crippen LogP) is 1.54. The Morgan fingerprint density at radius 3 is 2.58 bits per heavy atom. The highest BCUT2D eigenvalue weighted by Crippen LogP contribution is 2.15. The quantitative estimate of drug-likeness (QED) is 0.771. The molecule has 0 aliphatic rings. The zero-order valence-electron chi connectivity index (χ0n) is 11.2. The number of benzene rings is 1. The van der Waals surface area contributed by atoms with E-state index in [0.717, 1.165) is 0 Å². The molecule has 0 radical (unpaired) electrons. The molecular formula is C13H18N2O4. The molecule has 0 saturated heterocycles. The molecule has 0 aliphatic carbocycles. The molecule has 1 aromatic rings. The Kier molecular flexibility index (Phi) is 4.88. The number of nitrogens with one attached hydrogen (secondary N) is 1. The van der Waals surface area contributed by atoms with Crippen LogP contribution in [-0.4, -0.2) is 46.8 Å². The van der Waals surface area contributed by atoms with Crippen LogP contribution in [0.2, 0.25) is 0 Å². The lowest BCUT2D eigenvalue weighted by atomic mass is 10.1. The lowest BCUT2D eigenvalue weighted by molar-refractivity contribution is 0.0696. The van der Waals surface area contributed by atoms with Crippen LogP contribution in [0.1, 0.15) is 22.8 Å². The SMILES string of the molecule is Cc1ccc(NC(=O)N(C)CC(C)O)cc1C(=O)O. The number of aliphatic hydroxyl groups is 1. The third-order valence-electron chi connectivity index (χ3n) is 2.60. The molecule has 6 heteroatoms. The average Bonchev–Trinajstić information content (AvgIpc) is 2.30. The van der Waals surface area contributed by atoms with E-state index >= 15 is 0 Å². The molecule has 0 bridgehead atoms. The molecule has 0 fully saturated rings. The molecule has 1 aromatic carbocycles. The van der Waals surface area contributed by atoms with Gasteiger partial charge in [-0.1, -0.05) is 6.07 Å². The summed E-state index contributed by atoms with van der Waals surface area (Å²) in [6, 6.07) is 4.27. The summed E-state index contributed by atoms with van der Waals surface area (Å²) in [5.41, 5.74) is 1.18. The van der Waals surface area contributed by atoms with Crippen molar-refractivity contribution in [3.63, 3.8) is 0 Å². The zero-order chi connectivity index (χ0) is 14.6. The maximum Gasteiger partial charge on any atom is 0.336 e. The van der Waals surface area contributed by atoms with Gasteiger partial charge in [-0.3, -0.25) is 0 Å². The van der Waals surface area contributed by atoms with E-state index in [-0.39, 0.29) is 12.1 Å². The van der Waals surface area contributed by atoms with E-state index in [1.807, 2.05) is 0 Å². The summed E-state index contributed by atoms with van der Waals surface area (Å²) in [6.07, 6.45) is -0.622. The summed E-state index contributed by atoms with van der Waals surface area (Å²) in [5, 5.41) is 20.8. The third kappa shape index (κ3) is 4.26. The lowest BCUT2D eigenvalue weighted by Gasteiger charge is -2.19. The normalized spacial score (nSPS) is 11.8. The number of carboxylic acid groups (broad SMARTS) is 1. The molecule has 2 amide bonds. The van der Waals surface area contributed by atoms with Crippen molar-refractivity contribution < 1.29 is 19.8 Å². The van der Waals surface area contributed by atoms with E-state index in [1.165, 1.54) is 11.0 Å². The first-order valence-electron chi connectivity index (χ1n) is 5.85. The zero-order valence-corrected chi connectivity index (χ0v) is 11.2. The van der Waals surface area contributed by atoms with Crippen LogP contribution in [0, 0.1) is 6.92 Å². The summed E-state index contributed by atoms with van der Waals surface area (Å²) >= 11 is 0. The van der Waals surface area contributed by atoms with Crippen molar-refractivity contribution in [2.75, 3.05) is 18.9 Å². The maximum absolute atomic E-state index is 11.8. The number of carbonyl (C=O) groups is 2. The van der Waals surface area contributed by atoms with Gasteiger partial charge in [0.2, 0.25) is 0 Å². The summed E-state index contributed by atoms with van der Waals surface area (Å²) in [6.45, 7) is 3.47. The smallest absolute Gasteiger partial charge is 0.336 e. The highest BCUT2D eigenvalue weighted by Gasteiger charge is 2.13. The van der Waals surface area contributed by atoms with Gasteiger partial charge in [0.1, 0.15) is 0 Å². The Morgan fingerprint density at radius 2 is 2.05 bits per heavy atom. The van der Waals surface area contributed by atoms with E-state index in [0.29, 0.717) is 11.3 Å². The van der Waals surface area contributed by atoms with Gasteiger partial charge in [-0.25, -0.2) is 9.59 Å². The Morgan fingerprint density at radius 1 is 1.42 bits per heavy atom. The number of carbonyl (C=O) groups excluding carboxylic acids is 1. The monoisotopic (exact) mass is 266 g/mol. The average molecular weight is 266 g/mol. The fourth-order valence-corrected chi connectivity index (χ4v) is 1.63. The number of hydrogen-bond acceptors (Lipinski definition) is 3. The molecule has 0 aliphatic heterocycles. The van der Waals surface area contributed by atoms with Gasteiger partial charge >= 0.3 is 12.0 Å². The first kappa shape index (κ1) is 15.0. The molecule has 0 heterocycles. The number of aliphatic hydroxyl groups excluding tert-OH is 1. The number of amides is 2. The second-order valence-corrected chi connectivity index (χ2v) is 4.49. The summed E-state index contributed by atoms with van der Waals surface area (Å²) in [7, 11) is 1.55. The number of carboxylic acids is 1. The Balaban J connectivity index is 2.80. The fourth-order valence-electron chi connectivity index (χ4n) is 1.63. The molecule has 0 spiro atoms. The topological polar surface area (TPSA) is 89.9 Å². The van der Waals surface area contributed by atoms with Crippen LogP contribution >= 0.6 is 0 Å². The van der Waals surface area contributed by atoms with Gasteiger partial charge in [-0.05, 0) is 31.5 Å². The number of hydrogen-bond donors (Lipinski definition) is 3. The molecule has 1 rings (SSSR count). The largest absolute Gasteiger partial charge is 0.478 e. The van der Waals surface area contributed by atoms with Crippen molar-refractivity contribution in [1.29, 1.82) is 0 Å². The number of anilines is 1. The van der Waals surface area contributed by atoms with Crippen LogP contribution < -0.4 is 5.32 Å². The van der Waals surface area contributed by atoms with Gasteiger partial charge < -0.3 is 20.4 Å². The van der Waals surface area contributed by atoms with Crippen LogP contribution in [0.15, 0.2) is 18.2 Å².